The van der Waals surface area contributed by atoms with Crippen molar-refractivity contribution >= 4 is 39.8 Å². The van der Waals surface area contributed by atoms with Gasteiger partial charge in [-0.15, -0.1) is 10.2 Å². The van der Waals surface area contributed by atoms with Crippen LogP contribution in [0.5, 0.6) is 0 Å². The van der Waals surface area contributed by atoms with Crippen LogP contribution in [0.25, 0.3) is 0 Å². The number of carbonyl (C=O) groups is 1. The fourth-order valence-electron chi connectivity index (χ4n) is 1.86. The third-order valence-corrected chi connectivity index (χ3v) is 5.27. The maximum atomic E-state index is 11.9. The molecule has 1 aromatic carbocycles. The SMILES string of the molecule is Cc1ccc(Nc2nnc(SC(C)C(=O)NC(C)C)s2)cc1C. The van der Waals surface area contributed by atoms with Crippen molar-refractivity contribution in [3.05, 3.63) is 29.3 Å². The Bertz CT molecular complexity index is 684. The molecule has 1 heterocycles. The molecule has 0 aliphatic heterocycles. The van der Waals surface area contributed by atoms with E-state index in [1.807, 2.05) is 26.8 Å². The van der Waals surface area contributed by atoms with Gasteiger partial charge in [-0.2, -0.15) is 0 Å². The summed E-state index contributed by atoms with van der Waals surface area (Å²) in [5, 5.41) is 15.0. The average molecular weight is 351 g/mol. The third kappa shape index (κ3) is 5.21. The van der Waals surface area contributed by atoms with E-state index in [-0.39, 0.29) is 17.2 Å². The molecule has 2 aromatic rings. The van der Waals surface area contributed by atoms with Gasteiger partial charge in [0, 0.05) is 11.7 Å². The van der Waals surface area contributed by atoms with Gasteiger partial charge in [-0.1, -0.05) is 29.2 Å². The maximum Gasteiger partial charge on any atom is 0.233 e. The molecule has 0 aliphatic rings. The third-order valence-electron chi connectivity index (χ3n) is 3.24. The van der Waals surface area contributed by atoms with Gasteiger partial charge in [0.15, 0.2) is 4.34 Å². The molecular formula is C16H22N4OS2. The van der Waals surface area contributed by atoms with E-state index < -0.39 is 0 Å². The molecule has 1 amide bonds. The second-order valence-corrected chi connectivity index (χ2v) is 8.29. The number of carbonyl (C=O) groups excluding carboxylic acids is 1. The molecule has 0 saturated carbocycles. The lowest BCUT2D eigenvalue weighted by Gasteiger charge is -2.12. The van der Waals surface area contributed by atoms with Crippen molar-refractivity contribution in [3.63, 3.8) is 0 Å². The number of aromatic nitrogens is 2. The Balaban J connectivity index is 1.97. The summed E-state index contributed by atoms with van der Waals surface area (Å²) in [6, 6.07) is 6.33. The highest BCUT2D eigenvalue weighted by molar-refractivity contribution is 8.02. The smallest absolute Gasteiger partial charge is 0.233 e. The first-order valence-corrected chi connectivity index (χ1v) is 9.19. The van der Waals surface area contributed by atoms with Gasteiger partial charge in [-0.05, 0) is 57.9 Å². The van der Waals surface area contributed by atoms with E-state index in [4.69, 9.17) is 0 Å². The van der Waals surface area contributed by atoms with Crippen molar-refractivity contribution < 1.29 is 4.79 Å². The number of hydrogen-bond donors (Lipinski definition) is 2. The van der Waals surface area contributed by atoms with Gasteiger partial charge in [-0.25, -0.2) is 0 Å². The number of benzene rings is 1. The van der Waals surface area contributed by atoms with Crippen LogP contribution in [0.2, 0.25) is 0 Å². The highest BCUT2D eigenvalue weighted by Crippen LogP contribution is 2.30. The predicted octanol–water partition coefficient (Wildman–Crippen LogP) is 3.90. The van der Waals surface area contributed by atoms with Crippen molar-refractivity contribution in [3.8, 4) is 0 Å². The molecule has 23 heavy (non-hydrogen) atoms. The molecule has 124 valence electrons. The quantitative estimate of drug-likeness (QED) is 0.773. The summed E-state index contributed by atoms with van der Waals surface area (Å²) in [7, 11) is 0. The topological polar surface area (TPSA) is 66.9 Å². The number of anilines is 2. The molecule has 0 aliphatic carbocycles. The Morgan fingerprint density at radius 2 is 1.91 bits per heavy atom. The molecule has 1 atom stereocenters. The maximum absolute atomic E-state index is 11.9. The van der Waals surface area contributed by atoms with Crippen molar-refractivity contribution in [2.24, 2.45) is 0 Å². The largest absolute Gasteiger partial charge is 0.353 e. The summed E-state index contributed by atoms with van der Waals surface area (Å²) in [6.07, 6.45) is 0. The van der Waals surface area contributed by atoms with Crippen LogP contribution in [0.4, 0.5) is 10.8 Å². The fourth-order valence-corrected chi connectivity index (χ4v) is 3.78. The lowest BCUT2D eigenvalue weighted by Crippen LogP contribution is -2.35. The Morgan fingerprint density at radius 3 is 2.57 bits per heavy atom. The van der Waals surface area contributed by atoms with Crippen LogP contribution in [0.1, 0.15) is 31.9 Å². The van der Waals surface area contributed by atoms with E-state index >= 15 is 0 Å². The van der Waals surface area contributed by atoms with E-state index in [9.17, 15) is 4.79 Å². The molecule has 0 fully saturated rings. The normalized spacial score (nSPS) is 12.3. The number of aryl methyl sites for hydroxylation is 2. The first-order chi connectivity index (χ1) is 10.8. The van der Waals surface area contributed by atoms with Gasteiger partial charge in [0.25, 0.3) is 0 Å². The Morgan fingerprint density at radius 1 is 1.17 bits per heavy atom. The molecule has 2 rings (SSSR count). The molecule has 0 saturated heterocycles. The van der Waals surface area contributed by atoms with Crippen LogP contribution < -0.4 is 10.6 Å². The summed E-state index contributed by atoms with van der Waals surface area (Å²) in [6.45, 7) is 9.94. The number of amides is 1. The van der Waals surface area contributed by atoms with E-state index in [0.717, 1.165) is 15.2 Å². The Hall–Kier alpha value is -1.60. The molecular weight excluding hydrogens is 328 g/mol. The average Bonchev–Trinajstić information content (AvgIpc) is 2.89. The van der Waals surface area contributed by atoms with Crippen LogP contribution in [0, 0.1) is 13.8 Å². The fraction of sp³-hybridized carbons (Fsp3) is 0.438. The standard InChI is InChI=1S/C16H22N4OS2/c1-9(2)17-14(21)12(5)22-16-20-19-15(23-16)18-13-7-6-10(3)11(4)8-13/h6-9,12H,1-5H3,(H,17,21)(H,18,19). The van der Waals surface area contributed by atoms with Crippen LogP contribution in [-0.2, 0) is 4.79 Å². The van der Waals surface area contributed by atoms with E-state index in [1.165, 1.54) is 34.2 Å². The highest BCUT2D eigenvalue weighted by atomic mass is 32.2. The molecule has 0 radical (unpaired) electrons. The van der Waals surface area contributed by atoms with Crippen LogP contribution in [-0.4, -0.2) is 27.4 Å². The molecule has 0 bridgehead atoms. The zero-order chi connectivity index (χ0) is 17.0. The number of hydrogen-bond acceptors (Lipinski definition) is 6. The van der Waals surface area contributed by atoms with E-state index in [1.54, 1.807) is 0 Å². The van der Waals surface area contributed by atoms with E-state index in [0.29, 0.717) is 0 Å². The van der Waals surface area contributed by atoms with Gasteiger partial charge < -0.3 is 10.6 Å². The van der Waals surface area contributed by atoms with Crippen molar-refractivity contribution in [1.82, 2.24) is 15.5 Å². The first-order valence-electron chi connectivity index (χ1n) is 7.50. The van der Waals surface area contributed by atoms with Crippen molar-refractivity contribution in [2.75, 3.05) is 5.32 Å². The Kier molecular flexibility index (Phi) is 6.01. The monoisotopic (exact) mass is 350 g/mol. The van der Waals surface area contributed by atoms with Gasteiger partial charge in [0.05, 0.1) is 5.25 Å². The summed E-state index contributed by atoms with van der Waals surface area (Å²) in [4.78, 5) is 11.9. The zero-order valence-electron chi connectivity index (χ0n) is 14.0. The summed E-state index contributed by atoms with van der Waals surface area (Å²) in [5.74, 6) is 0.0175. The first kappa shape index (κ1) is 17.7. The van der Waals surface area contributed by atoms with Crippen LogP contribution in [0.15, 0.2) is 22.5 Å². The minimum Gasteiger partial charge on any atom is -0.353 e. The van der Waals surface area contributed by atoms with Crippen molar-refractivity contribution in [2.45, 2.75) is 50.3 Å². The molecule has 0 spiro atoms. The number of thioether (sulfide) groups is 1. The lowest BCUT2D eigenvalue weighted by atomic mass is 10.1. The number of nitrogens with one attached hydrogen (secondary N) is 2. The molecule has 5 nitrogen and oxygen atoms in total. The zero-order valence-corrected chi connectivity index (χ0v) is 15.6. The van der Waals surface area contributed by atoms with Crippen LogP contribution in [0.3, 0.4) is 0 Å². The predicted molar refractivity (Wildman–Crippen MR) is 97.7 cm³/mol. The minimum atomic E-state index is -0.195. The lowest BCUT2D eigenvalue weighted by molar-refractivity contribution is -0.120. The van der Waals surface area contributed by atoms with Gasteiger partial charge >= 0.3 is 0 Å². The second-order valence-electron chi connectivity index (χ2n) is 5.72. The number of rotatable bonds is 6. The highest BCUT2D eigenvalue weighted by Gasteiger charge is 2.17. The van der Waals surface area contributed by atoms with Crippen molar-refractivity contribution in [1.29, 1.82) is 0 Å². The van der Waals surface area contributed by atoms with Gasteiger partial charge in [-0.3, -0.25) is 4.79 Å². The minimum absolute atomic E-state index is 0.0175. The van der Waals surface area contributed by atoms with Gasteiger partial charge in [0.2, 0.25) is 11.0 Å². The number of nitrogens with zero attached hydrogens (tertiary/aromatic N) is 2. The summed E-state index contributed by atoms with van der Waals surface area (Å²) < 4.78 is 0.780. The van der Waals surface area contributed by atoms with Crippen LogP contribution >= 0.6 is 23.1 Å². The summed E-state index contributed by atoms with van der Waals surface area (Å²) in [5.41, 5.74) is 3.48. The van der Waals surface area contributed by atoms with Gasteiger partial charge in [0.1, 0.15) is 0 Å². The molecule has 2 N–H and O–H groups in total. The Labute approximate surface area is 145 Å². The molecule has 1 aromatic heterocycles. The summed E-state index contributed by atoms with van der Waals surface area (Å²) >= 11 is 2.88. The molecule has 7 heteroatoms. The van der Waals surface area contributed by atoms with E-state index in [2.05, 4.69) is 46.8 Å². The molecule has 1 unspecified atom stereocenters. The second kappa shape index (κ2) is 7.79.